The van der Waals surface area contributed by atoms with E-state index in [-0.39, 0.29) is 5.56 Å². The molecule has 5 nitrogen and oxygen atoms in total. The number of hydrogen-bond acceptors (Lipinski definition) is 5. The van der Waals surface area contributed by atoms with Crippen LogP contribution in [-0.2, 0) is 0 Å². The first kappa shape index (κ1) is 10.6. The maximum atomic E-state index is 10.8. The summed E-state index contributed by atoms with van der Waals surface area (Å²) in [6, 6.07) is 4.70. The number of rotatable bonds is 3. The number of carboxylic acids is 1. The van der Waals surface area contributed by atoms with Crippen molar-refractivity contribution in [2.75, 3.05) is 0 Å². The number of benzene rings is 1. The number of carboxylic acid groups (broad SMARTS) is 1. The number of aromatic nitrogens is 2. The molecular formula is C10H8N2O3S. The van der Waals surface area contributed by atoms with Crippen LogP contribution in [0.15, 0.2) is 23.7 Å². The van der Waals surface area contributed by atoms with E-state index in [9.17, 15) is 4.79 Å². The summed E-state index contributed by atoms with van der Waals surface area (Å²) in [5, 5.41) is 16.6. The molecule has 1 heterocycles. The quantitative estimate of drug-likeness (QED) is 0.885. The summed E-state index contributed by atoms with van der Waals surface area (Å²) >= 11 is 1.25. The van der Waals surface area contributed by atoms with E-state index in [0.717, 1.165) is 5.56 Å². The van der Waals surface area contributed by atoms with Gasteiger partial charge in [0.2, 0.25) is 0 Å². The van der Waals surface area contributed by atoms with Crippen molar-refractivity contribution in [2.24, 2.45) is 0 Å². The summed E-state index contributed by atoms with van der Waals surface area (Å²) in [7, 11) is 0. The molecular weight excluding hydrogens is 228 g/mol. The van der Waals surface area contributed by atoms with Crippen LogP contribution in [0.1, 0.15) is 15.9 Å². The van der Waals surface area contributed by atoms with Crippen molar-refractivity contribution >= 4 is 17.3 Å². The molecule has 0 unspecified atom stereocenters. The Labute approximate surface area is 95.3 Å². The maximum absolute atomic E-state index is 10.8. The summed E-state index contributed by atoms with van der Waals surface area (Å²) in [6.07, 6.45) is 0. The molecule has 2 rings (SSSR count). The molecule has 6 heteroatoms. The van der Waals surface area contributed by atoms with E-state index in [4.69, 9.17) is 9.84 Å². The van der Waals surface area contributed by atoms with Crippen LogP contribution in [0.2, 0.25) is 0 Å². The predicted molar refractivity (Wildman–Crippen MR) is 58.1 cm³/mol. The largest absolute Gasteiger partial charge is 0.478 e. The van der Waals surface area contributed by atoms with Gasteiger partial charge in [0.15, 0.2) is 0 Å². The van der Waals surface area contributed by atoms with Crippen LogP contribution < -0.4 is 4.74 Å². The van der Waals surface area contributed by atoms with Gasteiger partial charge in [-0.15, -0.1) is 5.10 Å². The van der Waals surface area contributed by atoms with E-state index in [0.29, 0.717) is 10.9 Å². The van der Waals surface area contributed by atoms with Crippen LogP contribution in [0.5, 0.6) is 10.9 Å². The number of ether oxygens (including phenoxy) is 1. The first-order valence-electron chi connectivity index (χ1n) is 4.45. The fourth-order valence-corrected chi connectivity index (χ4v) is 1.56. The molecule has 0 aliphatic heterocycles. The van der Waals surface area contributed by atoms with E-state index >= 15 is 0 Å². The van der Waals surface area contributed by atoms with E-state index in [1.165, 1.54) is 23.5 Å². The van der Waals surface area contributed by atoms with Gasteiger partial charge in [0.05, 0.1) is 5.56 Å². The second-order valence-corrected chi connectivity index (χ2v) is 3.89. The Kier molecular flexibility index (Phi) is 2.82. The van der Waals surface area contributed by atoms with Gasteiger partial charge in [0.25, 0.3) is 5.19 Å². The van der Waals surface area contributed by atoms with Gasteiger partial charge in [-0.2, -0.15) is 0 Å². The summed E-state index contributed by atoms with van der Waals surface area (Å²) in [5.74, 6) is -0.501. The summed E-state index contributed by atoms with van der Waals surface area (Å²) in [4.78, 5) is 10.8. The minimum atomic E-state index is -0.984. The number of aromatic carboxylic acids is 1. The van der Waals surface area contributed by atoms with Crippen LogP contribution in [0.3, 0.4) is 0 Å². The lowest BCUT2D eigenvalue weighted by molar-refractivity contribution is 0.0696. The summed E-state index contributed by atoms with van der Waals surface area (Å²) in [6.45, 7) is 1.84. The van der Waals surface area contributed by atoms with E-state index < -0.39 is 5.97 Å². The topological polar surface area (TPSA) is 72.3 Å². The Balaban J connectivity index is 2.32. The highest BCUT2D eigenvalue weighted by Crippen LogP contribution is 2.26. The highest BCUT2D eigenvalue weighted by Gasteiger charge is 2.09. The van der Waals surface area contributed by atoms with Gasteiger partial charge in [0, 0.05) is 0 Å². The number of aryl methyl sites for hydroxylation is 1. The first-order chi connectivity index (χ1) is 7.66. The van der Waals surface area contributed by atoms with Gasteiger partial charge >= 0.3 is 5.97 Å². The van der Waals surface area contributed by atoms with Gasteiger partial charge in [-0.1, -0.05) is 22.5 Å². The number of nitrogens with zero attached hydrogens (tertiary/aromatic N) is 2. The molecule has 82 valence electrons. The van der Waals surface area contributed by atoms with Gasteiger partial charge < -0.3 is 9.84 Å². The molecule has 1 aromatic heterocycles. The normalized spacial score (nSPS) is 10.1. The smallest absolute Gasteiger partial charge is 0.335 e. The van der Waals surface area contributed by atoms with E-state index in [1.54, 1.807) is 11.6 Å². The highest BCUT2D eigenvalue weighted by atomic mass is 32.1. The van der Waals surface area contributed by atoms with Crippen molar-refractivity contribution in [1.29, 1.82) is 0 Å². The second-order valence-electron chi connectivity index (χ2n) is 3.09. The van der Waals surface area contributed by atoms with Gasteiger partial charge in [-0.05, 0) is 24.6 Å². The van der Waals surface area contributed by atoms with Crippen molar-refractivity contribution < 1.29 is 14.6 Å². The third kappa shape index (κ3) is 2.17. The number of carbonyl (C=O) groups is 1. The summed E-state index contributed by atoms with van der Waals surface area (Å²) in [5.41, 5.74) is 2.58. The fraction of sp³-hybridized carbons (Fsp3) is 0.100. The van der Waals surface area contributed by atoms with Gasteiger partial charge in [0.1, 0.15) is 11.3 Å². The average Bonchev–Trinajstić information content (AvgIpc) is 2.73. The molecule has 0 spiro atoms. The lowest BCUT2D eigenvalue weighted by Crippen LogP contribution is -1.97. The fourth-order valence-electron chi connectivity index (χ4n) is 1.14. The van der Waals surface area contributed by atoms with Crippen molar-refractivity contribution in [2.45, 2.75) is 6.92 Å². The van der Waals surface area contributed by atoms with Gasteiger partial charge in [-0.25, -0.2) is 4.79 Å². The second kappa shape index (κ2) is 4.28. The highest BCUT2D eigenvalue weighted by molar-refractivity contribution is 7.11. The maximum Gasteiger partial charge on any atom is 0.335 e. The molecule has 1 aromatic carbocycles. The minimum absolute atomic E-state index is 0.185. The van der Waals surface area contributed by atoms with Crippen LogP contribution in [-0.4, -0.2) is 21.3 Å². The zero-order valence-electron chi connectivity index (χ0n) is 8.38. The molecule has 2 aromatic rings. The Morgan fingerprint density at radius 2 is 2.31 bits per heavy atom. The molecule has 0 radical (unpaired) electrons. The van der Waals surface area contributed by atoms with Crippen molar-refractivity contribution in [1.82, 2.24) is 10.2 Å². The molecule has 0 saturated carbocycles. The average molecular weight is 236 g/mol. The van der Waals surface area contributed by atoms with Crippen LogP contribution in [0.25, 0.3) is 0 Å². The lowest BCUT2D eigenvalue weighted by Gasteiger charge is -2.05. The SMILES string of the molecule is Cc1ccc(C(=O)O)cc1Oc1nncs1. The standard InChI is InChI=1S/C10H8N2O3S/c1-6-2-3-7(9(13)14)4-8(6)15-10-12-11-5-16-10/h2-5H,1H3,(H,13,14). The molecule has 0 fully saturated rings. The van der Waals surface area contributed by atoms with Crippen molar-refractivity contribution in [3.8, 4) is 10.9 Å². The van der Waals surface area contributed by atoms with E-state index in [1.807, 2.05) is 6.92 Å². The first-order valence-corrected chi connectivity index (χ1v) is 5.33. The third-order valence-corrected chi connectivity index (χ3v) is 2.54. The molecule has 0 aliphatic carbocycles. The molecule has 0 atom stereocenters. The molecule has 0 bridgehead atoms. The van der Waals surface area contributed by atoms with Crippen LogP contribution in [0.4, 0.5) is 0 Å². The zero-order valence-corrected chi connectivity index (χ0v) is 9.19. The Bertz CT molecular complexity index is 511. The molecule has 16 heavy (non-hydrogen) atoms. The molecule has 0 aliphatic rings. The van der Waals surface area contributed by atoms with Crippen molar-refractivity contribution in [3.63, 3.8) is 0 Å². The third-order valence-electron chi connectivity index (χ3n) is 1.97. The Morgan fingerprint density at radius 3 is 2.94 bits per heavy atom. The van der Waals surface area contributed by atoms with Crippen molar-refractivity contribution in [3.05, 3.63) is 34.8 Å². The zero-order chi connectivity index (χ0) is 11.5. The molecule has 1 N–H and O–H groups in total. The number of hydrogen-bond donors (Lipinski definition) is 1. The monoisotopic (exact) mass is 236 g/mol. The Morgan fingerprint density at radius 1 is 1.50 bits per heavy atom. The predicted octanol–water partition coefficient (Wildman–Crippen LogP) is 2.34. The molecule has 0 amide bonds. The molecule has 0 saturated heterocycles. The van der Waals surface area contributed by atoms with Crippen LogP contribution in [0, 0.1) is 6.92 Å². The minimum Gasteiger partial charge on any atom is -0.478 e. The van der Waals surface area contributed by atoms with Crippen LogP contribution >= 0.6 is 11.3 Å². The van der Waals surface area contributed by atoms with E-state index in [2.05, 4.69) is 10.2 Å². The lowest BCUT2D eigenvalue weighted by atomic mass is 10.1. The van der Waals surface area contributed by atoms with Gasteiger partial charge in [-0.3, -0.25) is 0 Å². The summed E-state index contributed by atoms with van der Waals surface area (Å²) < 4.78 is 5.42. The Hall–Kier alpha value is -1.95.